The van der Waals surface area contributed by atoms with E-state index in [4.69, 9.17) is 13.3 Å². The Bertz CT molecular complexity index is 33.8. The van der Waals surface area contributed by atoms with Crippen molar-refractivity contribution in [2.45, 2.75) is 0 Å². The maximum atomic E-state index is 8.44. The van der Waals surface area contributed by atoms with Gasteiger partial charge >= 0.3 is 21.1 Å². The normalized spacial score (nSPS) is 5.83. The van der Waals surface area contributed by atoms with Crippen LogP contribution in [0.25, 0.3) is 0 Å². The van der Waals surface area contributed by atoms with Crippen LogP contribution in [-0.4, -0.2) is 13.3 Å². The Hall–Kier alpha value is 0.718. The molecule has 0 fully saturated rings. The maximum Gasteiger partial charge on any atom is 2.00 e. The van der Waals surface area contributed by atoms with Crippen molar-refractivity contribution in [2.24, 2.45) is 0 Å². The molecule has 6 heavy (non-hydrogen) atoms. The first-order valence-corrected chi connectivity index (χ1v) is 1.50. The standard InChI is InChI=1S/H3N.H2O3S.Pt/c;1-4(2)3;/h1H3;(H2,1,2,3);/q;;+2/p-1. The van der Waals surface area contributed by atoms with Gasteiger partial charge in [0.25, 0.3) is 0 Å². The first-order valence-electron chi connectivity index (χ1n) is 0.500. The minimum Gasteiger partial charge on any atom is -0.784 e. The molecule has 0 aromatic carbocycles. The molecule has 0 heterocycles. The molecule has 4 N–H and O–H groups in total. The van der Waals surface area contributed by atoms with Gasteiger partial charge in [-0.25, -0.2) is 0 Å². The zero-order chi connectivity index (χ0) is 3.58. The molecule has 0 radical (unpaired) electrons. The Morgan fingerprint density at radius 3 is 1.33 bits per heavy atom. The summed E-state index contributed by atoms with van der Waals surface area (Å²) in [5.41, 5.74) is 0. The van der Waals surface area contributed by atoms with E-state index in [1.165, 1.54) is 0 Å². The van der Waals surface area contributed by atoms with Gasteiger partial charge in [0.2, 0.25) is 0 Å². The van der Waals surface area contributed by atoms with E-state index in [9.17, 15) is 0 Å². The molecule has 0 unspecified atom stereocenters. The van der Waals surface area contributed by atoms with E-state index in [1.54, 1.807) is 0 Å². The SMILES string of the molecule is O=S([O-])[O-].[NH4+].[Pt+2]. The van der Waals surface area contributed by atoms with E-state index in [-0.39, 0.29) is 27.2 Å². The number of quaternary nitrogens is 1. The van der Waals surface area contributed by atoms with Crippen LogP contribution < -0.4 is 6.15 Å². The van der Waals surface area contributed by atoms with Gasteiger partial charge in [-0.3, -0.25) is 4.21 Å². The topological polar surface area (TPSA) is 99.7 Å². The van der Waals surface area contributed by atoms with Gasteiger partial charge in [0.1, 0.15) is 0 Å². The van der Waals surface area contributed by atoms with E-state index >= 15 is 0 Å². The van der Waals surface area contributed by atoms with Gasteiger partial charge in [-0.15, -0.1) is 11.4 Å². The molecule has 0 spiro atoms. The van der Waals surface area contributed by atoms with Gasteiger partial charge in [0.15, 0.2) is 0 Å². The summed E-state index contributed by atoms with van der Waals surface area (Å²) in [5, 5.41) is 0. The third-order valence-electron chi connectivity index (χ3n) is 0. The van der Waals surface area contributed by atoms with E-state index < -0.39 is 11.4 Å². The smallest absolute Gasteiger partial charge is 0.784 e. The maximum absolute atomic E-state index is 8.44. The van der Waals surface area contributed by atoms with E-state index in [0.717, 1.165) is 0 Å². The molecule has 0 amide bonds. The quantitative estimate of drug-likeness (QED) is 0.602. The summed E-state index contributed by atoms with van der Waals surface area (Å²) < 4.78 is 25.3. The second-order valence-electron chi connectivity index (χ2n) is 0.204. The van der Waals surface area contributed by atoms with Crippen LogP contribution in [0.3, 0.4) is 0 Å². The average molecular weight is 293 g/mol. The summed E-state index contributed by atoms with van der Waals surface area (Å²) in [6.45, 7) is 0. The van der Waals surface area contributed by atoms with Gasteiger partial charge in [-0.1, -0.05) is 0 Å². The van der Waals surface area contributed by atoms with Crippen molar-refractivity contribution >= 4 is 11.4 Å². The van der Waals surface area contributed by atoms with Crippen molar-refractivity contribution in [2.75, 3.05) is 0 Å². The average Bonchev–Trinajstić information content (AvgIpc) is 0.811. The molecule has 0 rings (SSSR count). The van der Waals surface area contributed by atoms with Crippen molar-refractivity contribution in [3.63, 3.8) is 0 Å². The molecule has 0 atom stereocenters. The first-order chi connectivity index (χ1) is 1.73. The molecule has 0 aromatic heterocycles. The Morgan fingerprint density at radius 1 is 1.33 bits per heavy atom. The van der Waals surface area contributed by atoms with Gasteiger partial charge in [0.05, 0.1) is 0 Å². The molecule has 6 heteroatoms. The van der Waals surface area contributed by atoms with Crippen molar-refractivity contribution in [3.05, 3.63) is 0 Å². The fourth-order valence-corrected chi connectivity index (χ4v) is 0. The van der Waals surface area contributed by atoms with Gasteiger partial charge < -0.3 is 15.3 Å². The molecule has 0 bridgehead atoms. The third kappa shape index (κ3) is 126. The Kier molecular flexibility index (Phi) is 24.4. The van der Waals surface area contributed by atoms with Gasteiger partial charge in [0, 0.05) is 0 Å². The van der Waals surface area contributed by atoms with Crippen LogP contribution in [0.4, 0.5) is 0 Å². The molecule has 42 valence electrons. The van der Waals surface area contributed by atoms with Crippen molar-refractivity contribution < 1.29 is 34.4 Å². The zero-order valence-electron chi connectivity index (χ0n) is 2.95. The van der Waals surface area contributed by atoms with Crippen LogP contribution in [0, 0.1) is 0 Å². The molecule has 0 saturated carbocycles. The summed E-state index contributed by atoms with van der Waals surface area (Å²) >= 11 is -3.11. The fourth-order valence-electron chi connectivity index (χ4n) is 0. The van der Waals surface area contributed by atoms with Gasteiger partial charge in [-0.05, 0) is 0 Å². The van der Waals surface area contributed by atoms with E-state index in [0.29, 0.717) is 0 Å². The van der Waals surface area contributed by atoms with Gasteiger partial charge in [-0.2, -0.15) is 0 Å². The number of hydrogen-bond acceptors (Lipinski definition) is 3. The molecular weight excluding hydrogens is 289 g/mol. The predicted molar refractivity (Wildman–Crippen MR) is 15.7 cm³/mol. The molecule has 0 aliphatic carbocycles. The predicted octanol–water partition coefficient (Wildman–Crippen LogP) is -0.630. The van der Waals surface area contributed by atoms with E-state index in [2.05, 4.69) is 0 Å². The Morgan fingerprint density at radius 2 is 1.33 bits per heavy atom. The third-order valence-corrected chi connectivity index (χ3v) is 0. The van der Waals surface area contributed by atoms with Crippen molar-refractivity contribution in [1.29, 1.82) is 0 Å². The van der Waals surface area contributed by atoms with Crippen molar-refractivity contribution in [3.8, 4) is 0 Å². The first kappa shape index (κ1) is 15.9. The minimum absolute atomic E-state index is 0. The van der Waals surface area contributed by atoms with Crippen LogP contribution in [0.2, 0.25) is 0 Å². The molecule has 0 aromatic rings. The molecule has 0 saturated heterocycles. The number of hydrogen-bond donors (Lipinski definition) is 1. The largest absolute Gasteiger partial charge is 2.00 e. The Labute approximate surface area is 52.3 Å². The molecule has 4 nitrogen and oxygen atoms in total. The van der Waals surface area contributed by atoms with Crippen molar-refractivity contribution in [1.82, 2.24) is 6.15 Å². The monoisotopic (exact) mass is 293 g/mol. The summed E-state index contributed by atoms with van der Waals surface area (Å²) in [6.07, 6.45) is 0. The zero-order valence-corrected chi connectivity index (χ0v) is 6.04. The summed E-state index contributed by atoms with van der Waals surface area (Å²) in [7, 11) is 0. The summed E-state index contributed by atoms with van der Waals surface area (Å²) in [6, 6.07) is 0. The summed E-state index contributed by atoms with van der Waals surface area (Å²) in [4.78, 5) is 0. The summed E-state index contributed by atoms with van der Waals surface area (Å²) in [5.74, 6) is 0. The second-order valence-corrected chi connectivity index (χ2v) is 0.612. The molecular formula is H4NO3PtS+. The molecule has 0 aliphatic heterocycles. The molecule has 0 aliphatic rings. The van der Waals surface area contributed by atoms with Crippen LogP contribution in [0.5, 0.6) is 0 Å². The second kappa shape index (κ2) is 9.21. The van der Waals surface area contributed by atoms with Crippen LogP contribution in [0.1, 0.15) is 0 Å². The fraction of sp³-hybridized carbons (Fsp3) is 0. The van der Waals surface area contributed by atoms with Crippen LogP contribution in [-0.2, 0) is 32.4 Å². The van der Waals surface area contributed by atoms with Crippen LogP contribution >= 0.6 is 0 Å². The van der Waals surface area contributed by atoms with Crippen LogP contribution in [0.15, 0.2) is 0 Å². The number of rotatable bonds is 0. The van der Waals surface area contributed by atoms with E-state index in [1.807, 2.05) is 0 Å². The Balaban J connectivity index is -0.0000000450. The minimum atomic E-state index is -3.11.